The fraction of sp³-hybridized carbons (Fsp3) is 0.188. The van der Waals surface area contributed by atoms with Gasteiger partial charge in [-0.2, -0.15) is 0 Å². The summed E-state index contributed by atoms with van der Waals surface area (Å²) in [7, 11) is 0. The minimum Gasteiger partial charge on any atom is -0.385 e. The van der Waals surface area contributed by atoms with Gasteiger partial charge in [0.25, 0.3) is 0 Å². The molecule has 2 aromatic carbocycles. The fourth-order valence-corrected chi connectivity index (χ4v) is 1.84. The van der Waals surface area contributed by atoms with E-state index in [1.54, 1.807) is 6.07 Å². The Labute approximate surface area is 108 Å². The monoisotopic (exact) mass is 242 g/mol. The Bertz CT molecular complexity index is 491. The molecule has 1 nitrogen and oxygen atoms in total. The summed E-state index contributed by atoms with van der Waals surface area (Å²) in [5.41, 5.74) is 2.87. The molecular formula is C16H17FN. The highest BCUT2D eigenvalue weighted by molar-refractivity contribution is 5.44. The lowest BCUT2D eigenvalue weighted by Crippen LogP contribution is -2.03. The maximum absolute atomic E-state index is 13.4. The van der Waals surface area contributed by atoms with E-state index in [4.69, 9.17) is 0 Å². The van der Waals surface area contributed by atoms with E-state index in [0.29, 0.717) is 0 Å². The number of hydrogen-bond donors (Lipinski definition) is 1. The number of nitrogens with one attached hydrogen (secondary N) is 1. The van der Waals surface area contributed by atoms with Crippen molar-refractivity contribution in [2.45, 2.75) is 12.8 Å². The van der Waals surface area contributed by atoms with Crippen molar-refractivity contribution in [2.75, 3.05) is 11.9 Å². The molecule has 0 aliphatic rings. The molecule has 2 rings (SSSR count). The molecule has 1 radical (unpaired) electrons. The lowest BCUT2D eigenvalue weighted by Gasteiger charge is -2.07. The Morgan fingerprint density at radius 3 is 2.44 bits per heavy atom. The van der Waals surface area contributed by atoms with Gasteiger partial charge in [0.1, 0.15) is 5.82 Å². The van der Waals surface area contributed by atoms with Crippen molar-refractivity contribution in [3.63, 3.8) is 0 Å². The summed E-state index contributed by atoms with van der Waals surface area (Å²) in [5.74, 6) is -0.112. The fourth-order valence-electron chi connectivity index (χ4n) is 1.84. The molecule has 2 aromatic rings. The van der Waals surface area contributed by atoms with Gasteiger partial charge in [-0.25, -0.2) is 4.39 Å². The van der Waals surface area contributed by atoms with Crippen LogP contribution in [0.25, 0.3) is 0 Å². The molecule has 0 aromatic heterocycles. The smallest absolute Gasteiger partial charge is 0.126 e. The van der Waals surface area contributed by atoms with E-state index in [-0.39, 0.29) is 5.82 Å². The van der Waals surface area contributed by atoms with Crippen LogP contribution in [0.5, 0.6) is 0 Å². The third-order valence-corrected chi connectivity index (χ3v) is 2.86. The van der Waals surface area contributed by atoms with E-state index >= 15 is 0 Å². The van der Waals surface area contributed by atoms with Gasteiger partial charge in [-0.3, -0.25) is 0 Å². The number of rotatable bonds is 5. The number of benzene rings is 2. The molecule has 18 heavy (non-hydrogen) atoms. The van der Waals surface area contributed by atoms with Crippen molar-refractivity contribution in [2.24, 2.45) is 0 Å². The van der Waals surface area contributed by atoms with Gasteiger partial charge >= 0.3 is 0 Å². The lowest BCUT2D eigenvalue weighted by molar-refractivity contribution is 0.606. The zero-order valence-electron chi connectivity index (χ0n) is 10.3. The Morgan fingerprint density at radius 2 is 1.72 bits per heavy atom. The van der Waals surface area contributed by atoms with E-state index in [0.717, 1.165) is 36.2 Å². The Hall–Kier alpha value is -1.83. The van der Waals surface area contributed by atoms with Gasteiger partial charge in [0, 0.05) is 12.2 Å². The van der Waals surface area contributed by atoms with E-state index in [2.05, 4.69) is 12.2 Å². The maximum Gasteiger partial charge on any atom is 0.126 e. The second kappa shape index (κ2) is 6.20. The summed E-state index contributed by atoms with van der Waals surface area (Å²) in [6, 6.07) is 14.9. The summed E-state index contributed by atoms with van der Waals surface area (Å²) >= 11 is 0. The molecule has 0 unspecified atom stereocenters. The third kappa shape index (κ3) is 3.59. The highest BCUT2D eigenvalue weighted by atomic mass is 19.1. The van der Waals surface area contributed by atoms with Gasteiger partial charge < -0.3 is 5.32 Å². The summed E-state index contributed by atoms with van der Waals surface area (Å²) in [4.78, 5) is 0. The number of halogens is 1. The minimum absolute atomic E-state index is 0.112. The van der Waals surface area contributed by atoms with Gasteiger partial charge in [-0.15, -0.1) is 0 Å². The molecule has 0 saturated carbocycles. The third-order valence-electron chi connectivity index (χ3n) is 2.86. The molecule has 93 valence electrons. The quantitative estimate of drug-likeness (QED) is 0.780. The van der Waals surface area contributed by atoms with Crippen LogP contribution in [0.1, 0.15) is 17.5 Å². The first kappa shape index (κ1) is 12.6. The summed E-state index contributed by atoms with van der Waals surface area (Å²) in [5, 5.41) is 3.31. The lowest BCUT2D eigenvalue weighted by atomic mass is 10.1. The van der Waals surface area contributed by atoms with Gasteiger partial charge in [0.15, 0.2) is 0 Å². The molecular weight excluding hydrogens is 225 g/mol. The van der Waals surface area contributed by atoms with Crippen LogP contribution in [0.3, 0.4) is 0 Å². The molecule has 0 bridgehead atoms. The Morgan fingerprint density at radius 1 is 1.00 bits per heavy atom. The second-order valence-corrected chi connectivity index (χ2v) is 4.32. The molecule has 0 aliphatic carbocycles. The second-order valence-electron chi connectivity index (χ2n) is 4.32. The molecule has 0 spiro atoms. The first-order valence-corrected chi connectivity index (χ1v) is 6.15. The minimum atomic E-state index is -0.112. The van der Waals surface area contributed by atoms with Crippen LogP contribution in [0, 0.1) is 12.7 Å². The van der Waals surface area contributed by atoms with Crippen molar-refractivity contribution in [1.29, 1.82) is 0 Å². The average molecular weight is 242 g/mol. The van der Waals surface area contributed by atoms with Crippen LogP contribution in [-0.2, 0) is 6.42 Å². The summed E-state index contributed by atoms with van der Waals surface area (Å²) < 4.78 is 13.4. The number of hydrogen-bond acceptors (Lipinski definition) is 1. The van der Waals surface area contributed by atoms with Crippen molar-refractivity contribution < 1.29 is 4.39 Å². The predicted octanol–water partition coefficient (Wildman–Crippen LogP) is 4.05. The Kier molecular flexibility index (Phi) is 4.35. The van der Waals surface area contributed by atoms with Crippen molar-refractivity contribution >= 4 is 5.69 Å². The number of anilines is 1. The van der Waals surface area contributed by atoms with Gasteiger partial charge in [-0.1, -0.05) is 30.3 Å². The van der Waals surface area contributed by atoms with E-state index in [9.17, 15) is 4.39 Å². The van der Waals surface area contributed by atoms with Gasteiger partial charge in [0.2, 0.25) is 0 Å². The molecule has 0 heterocycles. The zero-order chi connectivity index (χ0) is 12.8. The van der Waals surface area contributed by atoms with Crippen LogP contribution >= 0.6 is 0 Å². The first-order valence-electron chi connectivity index (χ1n) is 6.15. The molecule has 2 heteroatoms. The van der Waals surface area contributed by atoms with E-state index < -0.39 is 0 Å². The summed E-state index contributed by atoms with van der Waals surface area (Å²) in [6.45, 7) is 4.68. The van der Waals surface area contributed by atoms with Gasteiger partial charge in [-0.05, 0) is 49.1 Å². The van der Waals surface area contributed by atoms with Crippen molar-refractivity contribution in [3.8, 4) is 0 Å². The van der Waals surface area contributed by atoms with Crippen LogP contribution in [0.4, 0.5) is 10.1 Å². The molecule has 0 aliphatic heterocycles. The zero-order valence-corrected chi connectivity index (χ0v) is 10.3. The van der Waals surface area contributed by atoms with E-state index in [1.165, 1.54) is 6.07 Å². The van der Waals surface area contributed by atoms with Crippen molar-refractivity contribution in [3.05, 3.63) is 72.4 Å². The van der Waals surface area contributed by atoms with Crippen LogP contribution in [0.2, 0.25) is 0 Å². The van der Waals surface area contributed by atoms with Crippen LogP contribution < -0.4 is 5.32 Å². The van der Waals surface area contributed by atoms with E-state index in [1.807, 2.05) is 36.4 Å². The largest absolute Gasteiger partial charge is 0.385 e. The average Bonchev–Trinajstić information content (AvgIpc) is 2.39. The van der Waals surface area contributed by atoms with Crippen molar-refractivity contribution in [1.82, 2.24) is 0 Å². The topological polar surface area (TPSA) is 12.0 Å². The molecule has 0 amide bonds. The van der Waals surface area contributed by atoms with Crippen LogP contribution in [0.15, 0.2) is 48.5 Å². The highest BCUT2D eigenvalue weighted by Crippen LogP contribution is 2.11. The molecule has 1 N–H and O–H groups in total. The standard InChI is InChI=1S/C16H17FN/c1-13-8-10-15(11-9-13)18-12-4-6-14-5-2-3-7-16(14)17/h2-3,5,7-11,18H,1,4,6,12H2. The molecule has 0 atom stereocenters. The normalized spacial score (nSPS) is 10.3. The van der Waals surface area contributed by atoms with Crippen LogP contribution in [-0.4, -0.2) is 6.54 Å². The Balaban J connectivity index is 1.76. The first-order chi connectivity index (χ1) is 8.75. The SMILES string of the molecule is [CH2]c1ccc(NCCCc2ccccc2F)cc1. The maximum atomic E-state index is 13.4. The highest BCUT2D eigenvalue weighted by Gasteiger charge is 1.99. The molecule has 0 saturated heterocycles. The predicted molar refractivity (Wildman–Crippen MR) is 74.1 cm³/mol. The number of aryl methyl sites for hydroxylation is 1. The van der Waals surface area contributed by atoms with Gasteiger partial charge in [0.05, 0.1) is 0 Å². The molecule has 0 fully saturated rings. The summed E-state index contributed by atoms with van der Waals surface area (Å²) in [6.07, 6.45) is 1.67.